The SMILES string of the molecule is CC.[O]=[GeH2]. The Morgan fingerprint density at radius 2 is 1.25 bits per heavy atom. The fourth-order valence-electron chi connectivity index (χ4n) is 0. The van der Waals surface area contributed by atoms with E-state index in [-0.39, 0.29) is 16.5 Å². The van der Waals surface area contributed by atoms with Gasteiger partial charge in [0.25, 0.3) is 0 Å². The molecule has 1 nitrogen and oxygen atoms in total. The van der Waals surface area contributed by atoms with Crippen molar-refractivity contribution in [2.75, 3.05) is 0 Å². The molecular formula is C2H8GeO. The van der Waals surface area contributed by atoms with E-state index >= 15 is 0 Å². The maximum absolute atomic E-state index is 8.38. The molecule has 0 spiro atoms. The molecule has 2 heteroatoms. The molecule has 0 fully saturated rings. The molecule has 0 aliphatic rings. The van der Waals surface area contributed by atoms with Crippen LogP contribution >= 0.6 is 0 Å². The van der Waals surface area contributed by atoms with Gasteiger partial charge in [-0.3, -0.25) is 0 Å². The molecule has 0 amide bonds. The van der Waals surface area contributed by atoms with Crippen molar-refractivity contribution in [3.8, 4) is 0 Å². The van der Waals surface area contributed by atoms with Crippen LogP contribution in [0.25, 0.3) is 0 Å². The van der Waals surface area contributed by atoms with E-state index in [1.54, 1.807) is 0 Å². The second-order valence-corrected chi connectivity index (χ2v) is 0. The molecule has 0 unspecified atom stereocenters. The van der Waals surface area contributed by atoms with Crippen LogP contribution in [0.3, 0.4) is 0 Å². The van der Waals surface area contributed by atoms with Gasteiger partial charge in [0.15, 0.2) is 0 Å². The summed E-state index contributed by atoms with van der Waals surface area (Å²) in [6.07, 6.45) is 0. The van der Waals surface area contributed by atoms with Gasteiger partial charge in [-0.25, -0.2) is 0 Å². The summed E-state index contributed by atoms with van der Waals surface area (Å²) >= 11 is 0.125. The van der Waals surface area contributed by atoms with E-state index in [2.05, 4.69) is 0 Å². The zero-order valence-corrected chi connectivity index (χ0v) is 6.08. The number of rotatable bonds is 0. The van der Waals surface area contributed by atoms with Gasteiger partial charge in [0.1, 0.15) is 0 Å². The summed E-state index contributed by atoms with van der Waals surface area (Å²) in [6, 6.07) is 0. The molecule has 0 rings (SSSR count). The van der Waals surface area contributed by atoms with Crippen LogP contribution in [-0.2, 0) is 3.78 Å². The third kappa shape index (κ3) is 35.9. The van der Waals surface area contributed by atoms with Crippen LogP contribution in [0.15, 0.2) is 0 Å². The van der Waals surface area contributed by atoms with Crippen molar-refractivity contribution in [2.24, 2.45) is 0 Å². The second-order valence-electron chi connectivity index (χ2n) is 0. The van der Waals surface area contributed by atoms with Crippen molar-refractivity contribution in [3.63, 3.8) is 0 Å². The Morgan fingerprint density at radius 1 is 1.25 bits per heavy atom. The molecule has 0 aromatic carbocycles. The normalized spacial score (nSPS) is 2.50. The van der Waals surface area contributed by atoms with Gasteiger partial charge >= 0.3 is 20.2 Å². The fourth-order valence-corrected chi connectivity index (χ4v) is 0. The molecule has 0 bridgehead atoms. The summed E-state index contributed by atoms with van der Waals surface area (Å²) in [6.45, 7) is 4.00. The Balaban J connectivity index is 0. The monoisotopic (exact) mass is 122 g/mol. The van der Waals surface area contributed by atoms with Crippen LogP contribution in [0.2, 0.25) is 0 Å². The quantitative estimate of drug-likeness (QED) is 0.411. The second kappa shape index (κ2) is 156. The third-order valence-electron chi connectivity index (χ3n) is 0. The van der Waals surface area contributed by atoms with E-state index in [1.807, 2.05) is 13.8 Å². The molecule has 26 valence electrons. The molecule has 0 aliphatic heterocycles. The summed E-state index contributed by atoms with van der Waals surface area (Å²) in [4.78, 5) is 0. The van der Waals surface area contributed by atoms with Crippen molar-refractivity contribution in [1.29, 1.82) is 0 Å². The molecule has 4 heavy (non-hydrogen) atoms. The van der Waals surface area contributed by atoms with Crippen molar-refractivity contribution >= 4 is 16.5 Å². The van der Waals surface area contributed by atoms with Crippen LogP contribution in [0.5, 0.6) is 0 Å². The molecule has 0 radical (unpaired) electrons. The fraction of sp³-hybridized carbons (Fsp3) is 1.00. The molecule has 0 aliphatic carbocycles. The first-order valence-electron chi connectivity index (χ1n) is 1.29. The molecule has 0 aromatic heterocycles. The van der Waals surface area contributed by atoms with E-state index in [4.69, 9.17) is 3.78 Å². The maximum atomic E-state index is 8.38. The minimum atomic E-state index is 0.125. The van der Waals surface area contributed by atoms with Gasteiger partial charge in [0.05, 0.1) is 0 Å². The van der Waals surface area contributed by atoms with E-state index < -0.39 is 0 Å². The van der Waals surface area contributed by atoms with Gasteiger partial charge < -0.3 is 0 Å². The van der Waals surface area contributed by atoms with Crippen molar-refractivity contribution < 1.29 is 3.78 Å². The first-order valence-corrected chi connectivity index (χ1v) is 2.50. The summed E-state index contributed by atoms with van der Waals surface area (Å²) in [5.41, 5.74) is 0. The minimum absolute atomic E-state index is 0.125. The Bertz CT molecular complexity index is 6.00. The Labute approximate surface area is 34.8 Å². The summed E-state index contributed by atoms with van der Waals surface area (Å²) < 4.78 is 8.38. The molecule has 0 heterocycles. The predicted octanol–water partition coefficient (Wildman–Crippen LogP) is -0.00880. The first-order chi connectivity index (χ1) is 2.00. The Kier molecular flexibility index (Phi) is 345. The molecule has 0 N–H and O–H groups in total. The molecule has 0 aromatic rings. The zero-order chi connectivity index (χ0) is 4.00. The van der Waals surface area contributed by atoms with Crippen molar-refractivity contribution in [3.05, 3.63) is 0 Å². The van der Waals surface area contributed by atoms with E-state index in [1.165, 1.54) is 0 Å². The third-order valence-corrected chi connectivity index (χ3v) is 0. The van der Waals surface area contributed by atoms with Gasteiger partial charge in [-0.1, -0.05) is 13.8 Å². The Morgan fingerprint density at radius 3 is 1.25 bits per heavy atom. The molecule has 0 saturated carbocycles. The summed E-state index contributed by atoms with van der Waals surface area (Å²) in [7, 11) is 0. The van der Waals surface area contributed by atoms with E-state index in [9.17, 15) is 0 Å². The Hall–Kier alpha value is 0.343. The standard InChI is InChI=1S/C2H6.GeH2O/c2*1-2/h1-2H3;1H2. The summed E-state index contributed by atoms with van der Waals surface area (Å²) in [5.74, 6) is 0. The van der Waals surface area contributed by atoms with Gasteiger partial charge in [-0.15, -0.1) is 0 Å². The van der Waals surface area contributed by atoms with Crippen molar-refractivity contribution in [2.45, 2.75) is 13.8 Å². The molecule has 0 saturated heterocycles. The van der Waals surface area contributed by atoms with Crippen LogP contribution in [0, 0.1) is 0 Å². The average molecular weight is 121 g/mol. The summed E-state index contributed by atoms with van der Waals surface area (Å²) in [5, 5.41) is 0. The van der Waals surface area contributed by atoms with Crippen LogP contribution in [0.4, 0.5) is 0 Å². The van der Waals surface area contributed by atoms with Crippen LogP contribution < -0.4 is 0 Å². The zero-order valence-electron chi connectivity index (χ0n) is 3.12. The van der Waals surface area contributed by atoms with Crippen LogP contribution in [-0.4, -0.2) is 16.5 Å². The van der Waals surface area contributed by atoms with Gasteiger partial charge in [-0.2, -0.15) is 0 Å². The van der Waals surface area contributed by atoms with Crippen molar-refractivity contribution in [1.82, 2.24) is 0 Å². The topological polar surface area (TPSA) is 17.1 Å². The van der Waals surface area contributed by atoms with Gasteiger partial charge in [0, 0.05) is 0 Å². The van der Waals surface area contributed by atoms with Gasteiger partial charge in [-0.05, 0) is 0 Å². The average Bonchev–Trinajstić information content (AvgIpc) is 1.50. The van der Waals surface area contributed by atoms with E-state index in [0.717, 1.165) is 0 Å². The van der Waals surface area contributed by atoms with E-state index in [0.29, 0.717) is 0 Å². The molecular weight excluding hydrogens is 113 g/mol. The predicted molar refractivity (Wildman–Crippen MR) is 20.6 cm³/mol. The first kappa shape index (κ1) is 8.84. The number of hydrogen-bond acceptors (Lipinski definition) is 1. The molecule has 0 atom stereocenters. The number of hydrogen-bond donors (Lipinski definition) is 0. The van der Waals surface area contributed by atoms with Crippen LogP contribution in [0.1, 0.15) is 13.8 Å². The van der Waals surface area contributed by atoms with Gasteiger partial charge in [0.2, 0.25) is 0 Å².